The highest BCUT2D eigenvalue weighted by molar-refractivity contribution is 5.78. The van der Waals surface area contributed by atoms with Gasteiger partial charge in [0, 0.05) is 13.7 Å². The molecule has 2 N–H and O–H groups in total. The van der Waals surface area contributed by atoms with Gasteiger partial charge in [0.25, 0.3) is 0 Å². The van der Waals surface area contributed by atoms with Crippen molar-refractivity contribution >= 4 is 5.91 Å². The molecule has 0 aliphatic carbocycles. The normalized spacial score (nSPS) is 22.8. The highest BCUT2D eigenvalue weighted by atomic mass is 16.5. The molecule has 0 aromatic heterocycles. The summed E-state index contributed by atoms with van der Waals surface area (Å²) in [5.74, 6) is 0.784. The lowest BCUT2D eigenvalue weighted by Gasteiger charge is -2.22. The minimum absolute atomic E-state index is 0.0468. The van der Waals surface area contributed by atoms with Crippen molar-refractivity contribution < 1.29 is 9.53 Å². The molecule has 0 bridgehead atoms. The summed E-state index contributed by atoms with van der Waals surface area (Å²) in [6.45, 7) is 5.42. The monoisotopic (exact) mass is 228 g/mol. The van der Waals surface area contributed by atoms with Crippen LogP contribution in [0.25, 0.3) is 0 Å². The van der Waals surface area contributed by atoms with Crippen LogP contribution in [0.4, 0.5) is 0 Å². The summed E-state index contributed by atoms with van der Waals surface area (Å²) in [6.07, 6.45) is 3.63. The molecule has 1 aliphatic heterocycles. The van der Waals surface area contributed by atoms with Gasteiger partial charge in [0.2, 0.25) is 5.91 Å². The van der Waals surface area contributed by atoms with Gasteiger partial charge in [-0.05, 0) is 38.3 Å². The van der Waals surface area contributed by atoms with Gasteiger partial charge >= 0.3 is 0 Å². The van der Waals surface area contributed by atoms with Gasteiger partial charge in [0.05, 0.1) is 12.5 Å². The lowest BCUT2D eigenvalue weighted by molar-refractivity contribution is -0.126. The van der Waals surface area contributed by atoms with Gasteiger partial charge in [-0.2, -0.15) is 0 Å². The molecule has 1 saturated heterocycles. The Morgan fingerprint density at radius 3 is 3.06 bits per heavy atom. The van der Waals surface area contributed by atoms with E-state index in [2.05, 4.69) is 10.6 Å². The molecule has 1 fully saturated rings. The third kappa shape index (κ3) is 4.94. The Hall–Kier alpha value is -0.610. The van der Waals surface area contributed by atoms with Gasteiger partial charge in [0.1, 0.15) is 0 Å². The Balaban J connectivity index is 2.07. The van der Waals surface area contributed by atoms with E-state index >= 15 is 0 Å². The van der Waals surface area contributed by atoms with Crippen LogP contribution < -0.4 is 10.6 Å². The Bertz CT molecular complexity index is 203. The number of hydrogen-bond acceptors (Lipinski definition) is 3. The minimum atomic E-state index is -0.0468. The zero-order valence-electron chi connectivity index (χ0n) is 10.4. The highest BCUT2D eigenvalue weighted by Gasteiger charge is 2.15. The summed E-state index contributed by atoms with van der Waals surface area (Å²) < 4.78 is 4.95. The molecule has 4 heteroatoms. The van der Waals surface area contributed by atoms with Crippen LogP contribution in [0.2, 0.25) is 0 Å². The number of piperidine rings is 1. The van der Waals surface area contributed by atoms with Crippen LogP contribution in [-0.4, -0.2) is 39.3 Å². The van der Waals surface area contributed by atoms with Crippen molar-refractivity contribution in [2.75, 3.05) is 33.4 Å². The second kappa shape index (κ2) is 7.63. The number of hydrogen-bond donors (Lipinski definition) is 2. The smallest absolute Gasteiger partial charge is 0.225 e. The molecule has 1 aliphatic rings. The van der Waals surface area contributed by atoms with Gasteiger partial charge < -0.3 is 15.4 Å². The van der Waals surface area contributed by atoms with Gasteiger partial charge in [-0.25, -0.2) is 0 Å². The number of ether oxygens (including phenoxy) is 1. The van der Waals surface area contributed by atoms with Crippen molar-refractivity contribution in [3.63, 3.8) is 0 Å². The molecule has 0 saturated carbocycles. The zero-order valence-corrected chi connectivity index (χ0v) is 10.4. The number of nitrogens with one attached hydrogen (secondary N) is 2. The van der Waals surface area contributed by atoms with Crippen LogP contribution in [0.1, 0.15) is 26.2 Å². The maximum atomic E-state index is 11.6. The molecule has 2 unspecified atom stereocenters. The van der Waals surface area contributed by atoms with Gasteiger partial charge in [-0.3, -0.25) is 4.79 Å². The SMILES string of the molecule is COCC(C)C(=O)NCCC1CCCNC1. The second-order valence-corrected chi connectivity index (χ2v) is 4.65. The zero-order chi connectivity index (χ0) is 11.8. The number of rotatable bonds is 6. The fourth-order valence-electron chi connectivity index (χ4n) is 2.07. The summed E-state index contributed by atoms with van der Waals surface area (Å²) >= 11 is 0. The van der Waals surface area contributed by atoms with Crippen molar-refractivity contribution in [2.24, 2.45) is 11.8 Å². The van der Waals surface area contributed by atoms with Crippen molar-refractivity contribution in [3.05, 3.63) is 0 Å². The van der Waals surface area contributed by atoms with Crippen molar-refractivity contribution in [2.45, 2.75) is 26.2 Å². The molecule has 4 nitrogen and oxygen atoms in total. The Morgan fingerprint density at radius 1 is 1.62 bits per heavy atom. The number of carbonyl (C=O) groups excluding carboxylic acids is 1. The molecule has 16 heavy (non-hydrogen) atoms. The quantitative estimate of drug-likeness (QED) is 0.706. The Kier molecular flexibility index (Phi) is 6.42. The molecule has 2 atom stereocenters. The lowest BCUT2D eigenvalue weighted by atomic mass is 9.96. The maximum absolute atomic E-state index is 11.6. The first-order valence-corrected chi connectivity index (χ1v) is 6.21. The predicted molar refractivity (Wildman–Crippen MR) is 64.3 cm³/mol. The average molecular weight is 228 g/mol. The third-order valence-electron chi connectivity index (χ3n) is 3.12. The highest BCUT2D eigenvalue weighted by Crippen LogP contribution is 2.12. The standard InChI is InChI=1S/C12H24N2O2/c1-10(9-16-2)12(15)14-7-5-11-4-3-6-13-8-11/h10-11,13H,3-9H2,1-2H3,(H,14,15). The molecular weight excluding hydrogens is 204 g/mol. The summed E-state index contributed by atoms with van der Waals surface area (Å²) in [5.41, 5.74) is 0. The summed E-state index contributed by atoms with van der Waals surface area (Å²) in [6, 6.07) is 0. The van der Waals surface area contributed by atoms with Gasteiger partial charge in [-0.15, -0.1) is 0 Å². The molecule has 0 aromatic carbocycles. The molecule has 1 rings (SSSR count). The maximum Gasteiger partial charge on any atom is 0.225 e. The topological polar surface area (TPSA) is 50.4 Å². The van der Waals surface area contributed by atoms with E-state index in [-0.39, 0.29) is 11.8 Å². The summed E-state index contributed by atoms with van der Waals surface area (Å²) in [7, 11) is 1.62. The lowest BCUT2D eigenvalue weighted by Crippen LogP contribution is -2.35. The fourth-order valence-corrected chi connectivity index (χ4v) is 2.07. The fraction of sp³-hybridized carbons (Fsp3) is 0.917. The molecule has 0 spiro atoms. The van der Waals surface area contributed by atoms with Crippen molar-refractivity contribution in [3.8, 4) is 0 Å². The summed E-state index contributed by atoms with van der Waals surface area (Å²) in [5, 5.41) is 6.35. The van der Waals surface area contributed by atoms with Gasteiger partial charge in [-0.1, -0.05) is 6.92 Å². The number of methoxy groups -OCH3 is 1. The van der Waals surface area contributed by atoms with E-state index in [1.165, 1.54) is 12.8 Å². The second-order valence-electron chi connectivity index (χ2n) is 4.65. The van der Waals surface area contributed by atoms with Crippen molar-refractivity contribution in [1.82, 2.24) is 10.6 Å². The van der Waals surface area contributed by atoms with E-state index in [1.807, 2.05) is 6.92 Å². The van der Waals surface area contributed by atoms with Crippen LogP contribution in [-0.2, 0) is 9.53 Å². The first-order valence-electron chi connectivity index (χ1n) is 6.21. The number of amides is 1. The Morgan fingerprint density at radius 2 is 2.44 bits per heavy atom. The van der Waals surface area contributed by atoms with E-state index in [9.17, 15) is 4.79 Å². The van der Waals surface area contributed by atoms with E-state index in [1.54, 1.807) is 7.11 Å². The van der Waals surface area contributed by atoms with E-state index in [4.69, 9.17) is 4.74 Å². The van der Waals surface area contributed by atoms with Crippen LogP contribution in [0.5, 0.6) is 0 Å². The van der Waals surface area contributed by atoms with Crippen molar-refractivity contribution in [1.29, 1.82) is 0 Å². The van der Waals surface area contributed by atoms with E-state index in [0.29, 0.717) is 6.61 Å². The van der Waals surface area contributed by atoms with Crippen LogP contribution in [0.15, 0.2) is 0 Å². The molecule has 1 amide bonds. The number of carbonyl (C=O) groups is 1. The third-order valence-corrected chi connectivity index (χ3v) is 3.12. The van der Waals surface area contributed by atoms with E-state index < -0.39 is 0 Å². The van der Waals surface area contributed by atoms with Crippen LogP contribution in [0, 0.1) is 11.8 Å². The molecule has 0 aromatic rings. The van der Waals surface area contributed by atoms with Crippen LogP contribution >= 0.6 is 0 Å². The predicted octanol–water partition coefficient (Wildman–Crippen LogP) is 0.775. The minimum Gasteiger partial charge on any atom is -0.384 e. The Labute approximate surface area is 98.1 Å². The first-order chi connectivity index (χ1) is 7.74. The summed E-state index contributed by atoms with van der Waals surface area (Å²) in [4.78, 5) is 11.6. The molecule has 1 heterocycles. The molecule has 94 valence electrons. The first kappa shape index (κ1) is 13.5. The largest absolute Gasteiger partial charge is 0.384 e. The van der Waals surface area contributed by atoms with Gasteiger partial charge in [0.15, 0.2) is 0 Å². The molecule has 0 radical (unpaired) electrons. The van der Waals surface area contributed by atoms with E-state index in [0.717, 1.165) is 32.0 Å². The molecular formula is C12H24N2O2. The average Bonchev–Trinajstić information content (AvgIpc) is 2.30. The van der Waals surface area contributed by atoms with Crippen LogP contribution in [0.3, 0.4) is 0 Å².